The number of halogens is 2. The second kappa shape index (κ2) is 11.3. The van der Waals surface area contributed by atoms with Gasteiger partial charge in [0.2, 0.25) is 0 Å². The van der Waals surface area contributed by atoms with E-state index < -0.39 is 0 Å². The Bertz CT molecular complexity index is 1440. The highest BCUT2D eigenvalue weighted by molar-refractivity contribution is 6.43. The van der Waals surface area contributed by atoms with Crippen molar-refractivity contribution in [2.75, 3.05) is 36.4 Å². The van der Waals surface area contributed by atoms with Crippen LogP contribution in [0.4, 0.5) is 11.4 Å². The van der Waals surface area contributed by atoms with Crippen molar-refractivity contribution >= 4 is 46.4 Å². The zero-order chi connectivity index (χ0) is 26.6. The maximum atomic E-state index is 12.9. The Morgan fingerprint density at radius 2 is 1.58 bits per heavy atom. The molecule has 0 aliphatic carbocycles. The number of nitrogens with zero attached hydrogens (tertiary/aromatic N) is 2. The van der Waals surface area contributed by atoms with Crippen molar-refractivity contribution in [3.8, 4) is 11.3 Å². The molecule has 0 saturated carbocycles. The number of furan rings is 1. The van der Waals surface area contributed by atoms with E-state index in [1.54, 1.807) is 30.3 Å². The number of piperazine rings is 1. The second-order valence-corrected chi connectivity index (χ2v) is 9.88. The molecular formula is C30H27Cl2N3O3. The van der Waals surface area contributed by atoms with Gasteiger partial charge in [-0.25, -0.2) is 0 Å². The van der Waals surface area contributed by atoms with Gasteiger partial charge in [-0.15, -0.1) is 0 Å². The zero-order valence-electron chi connectivity index (χ0n) is 20.9. The molecule has 3 aromatic carbocycles. The van der Waals surface area contributed by atoms with Gasteiger partial charge in [-0.05, 0) is 72.6 Å². The number of hydrogen-bond donors (Lipinski definition) is 1. The third-order valence-corrected chi connectivity index (χ3v) is 7.53. The average molecular weight is 548 g/mol. The van der Waals surface area contributed by atoms with Crippen molar-refractivity contribution in [2.24, 2.45) is 0 Å². The summed E-state index contributed by atoms with van der Waals surface area (Å²) in [6, 6.07) is 24.1. The minimum absolute atomic E-state index is 0.0732. The van der Waals surface area contributed by atoms with E-state index in [0.29, 0.717) is 40.1 Å². The number of carbonyl (C=O) groups is 2. The topological polar surface area (TPSA) is 65.8 Å². The predicted molar refractivity (Wildman–Crippen MR) is 152 cm³/mol. The van der Waals surface area contributed by atoms with Gasteiger partial charge in [-0.2, -0.15) is 0 Å². The van der Waals surface area contributed by atoms with Crippen LogP contribution in [0.1, 0.15) is 33.4 Å². The lowest BCUT2D eigenvalue weighted by atomic mass is 10.1. The molecule has 2 heterocycles. The molecule has 1 aliphatic heterocycles. The molecule has 1 saturated heterocycles. The van der Waals surface area contributed by atoms with E-state index in [-0.39, 0.29) is 17.6 Å². The SMILES string of the molecule is CCc1ccc(C(=O)N2CCN(c3ccc(NC(=O)c4ccc(-c5cccc(Cl)c5Cl)o4)cc3)CC2)cc1. The Morgan fingerprint density at radius 1 is 0.868 bits per heavy atom. The summed E-state index contributed by atoms with van der Waals surface area (Å²) in [4.78, 5) is 29.7. The lowest BCUT2D eigenvalue weighted by Gasteiger charge is -2.36. The number of amides is 2. The van der Waals surface area contributed by atoms with Gasteiger partial charge >= 0.3 is 0 Å². The molecule has 6 nitrogen and oxygen atoms in total. The molecule has 5 rings (SSSR count). The molecule has 2 amide bonds. The Kier molecular flexibility index (Phi) is 7.72. The summed E-state index contributed by atoms with van der Waals surface area (Å²) < 4.78 is 5.74. The quantitative estimate of drug-likeness (QED) is 0.281. The highest BCUT2D eigenvalue weighted by Gasteiger charge is 2.22. The number of anilines is 2. The van der Waals surface area contributed by atoms with E-state index in [1.165, 1.54) is 5.56 Å². The summed E-state index contributed by atoms with van der Waals surface area (Å²) in [7, 11) is 0. The summed E-state index contributed by atoms with van der Waals surface area (Å²) in [6.45, 7) is 4.90. The molecule has 1 aromatic heterocycles. The monoisotopic (exact) mass is 547 g/mol. The van der Waals surface area contributed by atoms with Crippen LogP contribution < -0.4 is 10.2 Å². The summed E-state index contributed by atoms with van der Waals surface area (Å²) in [5.74, 6) is 0.351. The van der Waals surface area contributed by atoms with E-state index in [2.05, 4.69) is 17.1 Å². The van der Waals surface area contributed by atoms with Gasteiger partial charge in [0.25, 0.3) is 11.8 Å². The van der Waals surface area contributed by atoms with Crippen LogP contribution in [-0.4, -0.2) is 42.9 Å². The van der Waals surface area contributed by atoms with Crippen LogP contribution in [0.5, 0.6) is 0 Å². The number of aryl methyl sites for hydroxylation is 1. The van der Waals surface area contributed by atoms with E-state index in [9.17, 15) is 9.59 Å². The minimum Gasteiger partial charge on any atom is -0.451 e. The predicted octanol–water partition coefficient (Wildman–Crippen LogP) is 7.03. The number of benzene rings is 3. The molecule has 0 spiro atoms. The molecule has 0 bridgehead atoms. The van der Waals surface area contributed by atoms with Gasteiger partial charge in [-0.3, -0.25) is 9.59 Å². The fourth-order valence-electron chi connectivity index (χ4n) is 4.48. The molecular weight excluding hydrogens is 521 g/mol. The molecule has 1 N–H and O–H groups in total. The van der Waals surface area contributed by atoms with E-state index in [0.717, 1.165) is 30.8 Å². The van der Waals surface area contributed by atoms with Crippen molar-refractivity contribution in [1.82, 2.24) is 4.90 Å². The first-order valence-electron chi connectivity index (χ1n) is 12.5. The smallest absolute Gasteiger partial charge is 0.291 e. The molecule has 1 fully saturated rings. The molecule has 1 aliphatic rings. The summed E-state index contributed by atoms with van der Waals surface area (Å²) in [5, 5.41) is 3.66. The van der Waals surface area contributed by atoms with Crippen LogP contribution in [-0.2, 0) is 6.42 Å². The van der Waals surface area contributed by atoms with Crippen LogP contribution in [0, 0.1) is 0 Å². The lowest BCUT2D eigenvalue weighted by Crippen LogP contribution is -2.48. The van der Waals surface area contributed by atoms with Crippen molar-refractivity contribution in [1.29, 1.82) is 0 Å². The fourth-order valence-corrected chi connectivity index (χ4v) is 4.87. The third kappa shape index (κ3) is 5.57. The Balaban J connectivity index is 1.17. The third-order valence-electron chi connectivity index (χ3n) is 6.71. The number of nitrogens with one attached hydrogen (secondary N) is 1. The van der Waals surface area contributed by atoms with Crippen LogP contribution in [0.2, 0.25) is 10.0 Å². The fraction of sp³-hybridized carbons (Fsp3) is 0.200. The van der Waals surface area contributed by atoms with Crippen LogP contribution in [0.15, 0.2) is 83.3 Å². The first-order chi connectivity index (χ1) is 18.4. The second-order valence-electron chi connectivity index (χ2n) is 9.10. The summed E-state index contributed by atoms with van der Waals surface area (Å²) >= 11 is 12.4. The molecule has 0 atom stereocenters. The highest BCUT2D eigenvalue weighted by Crippen LogP contribution is 2.34. The van der Waals surface area contributed by atoms with Crippen LogP contribution in [0.25, 0.3) is 11.3 Å². The van der Waals surface area contributed by atoms with Gasteiger partial charge in [0, 0.05) is 48.7 Å². The van der Waals surface area contributed by atoms with Gasteiger partial charge in [0.05, 0.1) is 10.0 Å². The maximum absolute atomic E-state index is 12.9. The van der Waals surface area contributed by atoms with Crippen molar-refractivity contribution in [2.45, 2.75) is 13.3 Å². The molecule has 8 heteroatoms. The summed E-state index contributed by atoms with van der Waals surface area (Å²) in [6.07, 6.45) is 0.957. The zero-order valence-corrected chi connectivity index (χ0v) is 22.4. The Hall–Kier alpha value is -3.74. The van der Waals surface area contributed by atoms with Gasteiger partial charge in [0.1, 0.15) is 5.76 Å². The van der Waals surface area contributed by atoms with E-state index in [4.69, 9.17) is 27.6 Å². The molecule has 0 radical (unpaired) electrons. The maximum Gasteiger partial charge on any atom is 0.291 e. The van der Waals surface area contributed by atoms with Crippen molar-refractivity contribution in [3.05, 3.63) is 106 Å². The van der Waals surface area contributed by atoms with Crippen molar-refractivity contribution < 1.29 is 14.0 Å². The van der Waals surface area contributed by atoms with E-state index >= 15 is 0 Å². The average Bonchev–Trinajstić information content (AvgIpc) is 3.45. The van der Waals surface area contributed by atoms with Gasteiger partial charge < -0.3 is 19.5 Å². The minimum atomic E-state index is -0.360. The van der Waals surface area contributed by atoms with Crippen LogP contribution >= 0.6 is 23.2 Å². The standard InChI is InChI=1S/C30H27Cl2N3O3/c1-2-20-6-8-21(9-7-20)30(37)35-18-16-34(17-19-35)23-12-10-22(11-13-23)33-29(36)27-15-14-26(38-27)24-4-3-5-25(31)28(24)32/h3-15H,2,16-19H2,1H3,(H,33,36). The molecule has 38 heavy (non-hydrogen) atoms. The Labute approximate surface area is 231 Å². The Morgan fingerprint density at radius 3 is 2.26 bits per heavy atom. The molecule has 194 valence electrons. The van der Waals surface area contributed by atoms with Gasteiger partial charge in [-0.1, -0.05) is 48.3 Å². The summed E-state index contributed by atoms with van der Waals surface area (Å²) in [5.41, 5.74) is 4.27. The normalized spacial score (nSPS) is 13.4. The lowest BCUT2D eigenvalue weighted by molar-refractivity contribution is 0.0746. The highest BCUT2D eigenvalue weighted by atomic mass is 35.5. The number of rotatable bonds is 6. The van der Waals surface area contributed by atoms with Crippen molar-refractivity contribution in [3.63, 3.8) is 0 Å². The van der Waals surface area contributed by atoms with Crippen LogP contribution in [0.3, 0.4) is 0 Å². The molecule has 0 unspecified atom stereocenters. The first kappa shape index (κ1) is 25.9. The van der Waals surface area contributed by atoms with E-state index in [1.807, 2.05) is 53.4 Å². The number of hydrogen-bond acceptors (Lipinski definition) is 4. The molecule has 4 aromatic rings. The first-order valence-corrected chi connectivity index (χ1v) is 13.3. The number of carbonyl (C=O) groups excluding carboxylic acids is 2. The van der Waals surface area contributed by atoms with Gasteiger partial charge in [0.15, 0.2) is 5.76 Å². The largest absolute Gasteiger partial charge is 0.451 e.